The largest absolute Gasteiger partial charge is 0.378 e. The molecule has 1 aliphatic heterocycles. The van der Waals surface area contributed by atoms with Gasteiger partial charge in [0.25, 0.3) is 0 Å². The molecule has 120 valence electrons. The van der Waals surface area contributed by atoms with E-state index in [1.165, 1.54) is 0 Å². The first-order valence-corrected chi connectivity index (χ1v) is 7.37. The van der Waals surface area contributed by atoms with Crippen molar-refractivity contribution in [2.75, 3.05) is 19.7 Å². The Bertz CT molecular complexity index is 295. The van der Waals surface area contributed by atoms with E-state index in [4.69, 9.17) is 10.5 Å². The highest BCUT2D eigenvalue weighted by molar-refractivity contribution is 5.85. The van der Waals surface area contributed by atoms with Crippen LogP contribution in [0.4, 0.5) is 0 Å². The minimum absolute atomic E-state index is 0. The second-order valence-electron chi connectivity index (χ2n) is 7.10. The molecule has 5 heteroatoms. The van der Waals surface area contributed by atoms with E-state index in [1.54, 1.807) is 0 Å². The second kappa shape index (κ2) is 8.20. The lowest BCUT2D eigenvalue weighted by molar-refractivity contribution is -0.137. The molecule has 1 fully saturated rings. The maximum absolute atomic E-state index is 12.3. The summed E-state index contributed by atoms with van der Waals surface area (Å²) in [6.45, 7) is 12.7. The summed E-state index contributed by atoms with van der Waals surface area (Å²) in [6, 6.07) is -0.416. The fourth-order valence-electron chi connectivity index (χ4n) is 2.14. The maximum Gasteiger partial charge on any atom is 0.240 e. The Morgan fingerprint density at radius 2 is 1.80 bits per heavy atom. The molecule has 1 aliphatic rings. The van der Waals surface area contributed by atoms with Gasteiger partial charge in [0.15, 0.2) is 0 Å². The van der Waals surface area contributed by atoms with Crippen LogP contribution in [0.3, 0.4) is 0 Å². The number of halogens is 1. The number of nitrogens with two attached hydrogens (primary N) is 1. The van der Waals surface area contributed by atoms with E-state index >= 15 is 0 Å². The normalized spacial score (nSPS) is 18.9. The number of nitrogens with zero attached hydrogens (tertiary/aromatic N) is 1. The lowest BCUT2D eigenvalue weighted by atomic mass is 9.86. The predicted molar refractivity (Wildman–Crippen MR) is 85.1 cm³/mol. The predicted octanol–water partition coefficient (Wildman–Crippen LogP) is 2.45. The number of piperidine rings is 1. The van der Waals surface area contributed by atoms with Crippen LogP contribution in [0.2, 0.25) is 0 Å². The van der Waals surface area contributed by atoms with E-state index in [2.05, 4.69) is 13.8 Å². The molecule has 0 aliphatic carbocycles. The topological polar surface area (TPSA) is 55.6 Å². The van der Waals surface area contributed by atoms with Crippen molar-refractivity contribution in [1.82, 2.24) is 4.90 Å². The third kappa shape index (κ3) is 5.98. The average molecular weight is 307 g/mol. The summed E-state index contributed by atoms with van der Waals surface area (Å²) >= 11 is 0. The third-order valence-corrected chi connectivity index (χ3v) is 3.62. The fraction of sp³-hybridized carbons (Fsp3) is 0.933. The molecule has 1 saturated heterocycles. The molecule has 0 spiro atoms. The Kier molecular flexibility index (Phi) is 8.07. The van der Waals surface area contributed by atoms with Gasteiger partial charge in [0.2, 0.25) is 5.91 Å². The Labute approximate surface area is 129 Å². The SMILES string of the molecule is CC(C)COC1CCN(C(=O)[C@@H](N)C(C)(C)C)CC1.Cl. The summed E-state index contributed by atoms with van der Waals surface area (Å²) in [4.78, 5) is 14.2. The Hall–Kier alpha value is -0.320. The number of ether oxygens (including phenoxy) is 1. The Morgan fingerprint density at radius 1 is 1.30 bits per heavy atom. The zero-order valence-electron chi connectivity index (χ0n) is 13.5. The van der Waals surface area contributed by atoms with Crippen LogP contribution in [-0.2, 0) is 9.53 Å². The molecule has 4 nitrogen and oxygen atoms in total. The van der Waals surface area contributed by atoms with Crippen LogP contribution < -0.4 is 5.73 Å². The van der Waals surface area contributed by atoms with Gasteiger partial charge in [-0.15, -0.1) is 12.4 Å². The van der Waals surface area contributed by atoms with E-state index in [0.717, 1.165) is 32.5 Å². The molecule has 0 saturated carbocycles. The molecule has 0 aromatic heterocycles. The molecule has 2 N–H and O–H groups in total. The van der Waals surface area contributed by atoms with Gasteiger partial charge < -0.3 is 15.4 Å². The number of hydrogen-bond donors (Lipinski definition) is 1. The van der Waals surface area contributed by atoms with Crippen LogP contribution in [0.15, 0.2) is 0 Å². The molecule has 1 amide bonds. The van der Waals surface area contributed by atoms with E-state index in [-0.39, 0.29) is 23.7 Å². The van der Waals surface area contributed by atoms with Gasteiger partial charge in [-0.1, -0.05) is 34.6 Å². The number of carbonyl (C=O) groups is 1. The lowest BCUT2D eigenvalue weighted by Crippen LogP contribution is -2.53. The summed E-state index contributed by atoms with van der Waals surface area (Å²) < 4.78 is 5.83. The highest BCUT2D eigenvalue weighted by Crippen LogP contribution is 2.22. The van der Waals surface area contributed by atoms with Crippen molar-refractivity contribution in [3.63, 3.8) is 0 Å². The lowest BCUT2D eigenvalue weighted by Gasteiger charge is -2.36. The fourth-order valence-corrected chi connectivity index (χ4v) is 2.14. The Balaban J connectivity index is 0.00000361. The maximum atomic E-state index is 12.3. The molecular weight excluding hydrogens is 276 g/mol. The van der Waals surface area contributed by atoms with E-state index in [9.17, 15) is 4.79 Å². The third-order valence-electron chi connectivity index (χ3n) is 3.62. The first-order chi connectivity index (χ1) is 8.71. The van der Waals surface area contributed by atoms with Crippen molar-refractivity contribution in [2.45, 2.75) is 59.6 Å². The first kappa shape index (κ1) is 19.7. The van der Waals surface area contributed by atoms with E-state index < -0.39 is 6.04 Å². The zero-order valence-corrected chi connectivity index (χ0v) is 14.3. The molecule has 0 aromatic carbocycles. The summed E-state index contributed by atoms with van der Waals surface area (Å²) in [5, 5.41) is 0. The van der Waals surface area contributed by atoms with Crippen LogP contribution in [0, 0.1) is 11.3 Å². The van der Waals surface area contributed by atoms with Gasteiger partial charge in [0.05, 0.1) is 12.1 Å². The molecule has 0 unspecified atom stereocenters. The summed E-state index contributed by atoms with van der Waals surface area (Å²) in [5.74, 6) is 0.642. The van der Waals surface area contributed by atoms with Crippen molar-refractivity contribution in [1.29, 1.82) is 0 Å². The van der Waals surface area contributed by atoms with Crippen LogP contribution >= 0.6 is 12.4 Å². The summed E-state index contributed by atoms with van der Waals surface area (Å²) in [7, 11) is 0. The van der Waals surface area contributed by atoms with Crippen LogP contribution in [0.1, 0.15) is 47.5 Å². The van der Waals surface area contributed by atoms with Gasteiger partial charge in [-0.3, -0.25) is 4.79 Å². The van der Waals surface area contributed by atoms with Gasteiger partial charge >= 0.3 is 0 Å². The van der Waals surface area contributed by atoms with Crippen molar-refractivity contribution in [2.24, 2.45) is 17.1 Å². The van der Waals surface area contributed by atoms with Gasteiger partial charge in [0.1, 0.15) is 0 Å². The Morgan fingerprint density at radius 3 is 2.20 bits per heavy atom. The highest BCUT2D eigenvalue weighted by atomic mass is 35.5. The van der Waals surface area contributed by atoms with Crippen molar-refractivity contribution in [3.05, 3.63) is 0 Å². The van der Waals surface area contributed by atoms with Gasteiger partial charge in [0, 0.05) is 19.7 Å². The number of likely N-dealkylation sites (tertiary alicyclic amines) is 1. The molecule has 0 radical (unpaired) electrons. The molecular formula is C15H31ClN2O2. The van der Waals surface area contributed by atoms with Crippen LogP contribution in [-0.4, -0.2) is 42.6 Å². The zero-order chi connectivity index (χ0) is 14.6. The molecule has 0 bridgehead atoms. The number of hydrogen-bond acceptors (Lipinski definition) is 3. The summed E-state index contributed by atoms with van der Waals surface area (Å²) in [6.07, 6.45) is 2.15. The van der Waals surface area contributed by atoms with E-state index in [1.807, 2.05) is 25.7 Å². The standard InChI is InChI=1S/C15H30N2O2.ClH/c1-11(2)10-19-12-6-8-17(9-7-12)14(18)13(16)15(3,4)5;/h11-13H,6-10,16H2,1-5H3;1H/t13-;/m1./s1. The first-order valence-electron chi connectivity index (χ1n) is 7.37. The van der Waals surface area contributed by atoms with Crippen LogP contribution in [0.25, 0.3) is 0 Å². The monoisotopic (exact) mass is 306 g/mol. The minimum Gasteiger partial charge on any atom is -0.378 e. The second-order valence-corrected chi connectivity index (χ2v) is 7.10. The van der Waals surface area contributed by atoms with Gasteiger partial charge in [-0.25, -0.2) is 0 Å². The van der Waals surface area contributed by atoms with Crippen LogP contribution in [0.5, 0.6) is 0 Å². The quantitative estimate of drug-likeness (QED) is 0.868. The summed E-state index contributed by atoms with van der Waals surface area (Å²) in [5.41, 5.74) is 5.86. The number of carbonyl (C=O) groups excluding carboxylic acids is 1. The highest BCUT2D eigenvalue weighted by Gasteiger charge is 2.33. The van der Waals surface area contributed by atoms with Crippen molar-refractivity contribution in [3.8, 4) is 0 Å². The number of amides is 1. The number of rotatable bonds is 4. The molecule has 1 heterocycles. The minimum atomic E-state index is -0.416. The molecule has 0 aromatic rings. The van der Waals surface area contributed by atoms with Crippen molar-refractivity contribution < 1.29 is 9.53 Å². The van der Waals surface area contributed by atoms with Crippen molar-refractivity contribution >= 4 is 18.3 Å². The molecule has 20 heavy (non-hydrogen) atoms. The average Bonchev–Trinajstić information content (AvgIpc) is 2.34. The molecule has 1 rings (SSSR count). The molecule has 1 atom stereocenters. The smallest absolute Gasteiger partial charge is 0.240 e. The van der Waals surface area contributed by atoms with Gasteiger partial charge in [-0.05, 0) is 24.2 Å². The van der Waals surface area contributed by atoms with E-state index in [0.29, 0.717) is 12.0 Å². The van der Waals surface area contributed by atoms with Gasteiger partial charge in [-0.2, -0.15) is 0 Å².